The first kappa shape index (κ1) is 15.0. The van der Waals surface area contributed by atoms with E-state index in [9.17, 15) is 8.42 Å². The van der Waals surface area contributed by atoms with E-state index in [1.165, 1.54) is 28.5 Å². The number of hydrogen-bond donors (Lipinski definition) is 0. The summed E-state index contributed by atoms with van der Waals surface area (Å²) in [5.41, 5.74) is 0.413. The van der Waals surface area contributed by atoms with Crippen molar-refractivity contribution in [3.8, 4) is 6.07 Å². The van der Waals surface area contributed by atoms with Gasteiger partial charge in [0.2, 0.25) is 10.0 Å². The quantitative estimate of drug-likeness (QED) is 0.579. The fraction of sp³-hybridized carbons (Fsp3) is 0.545. The van der Waals surface area contributed by atoms with Gasteiger partial charge in [0.05, 0.1) is 12.5 Å². The van der Waals surface area contributed by atoms with E-state index in [-0.39, 0.29) is 0 Å². The van der Waals surface area contributed by atoms with Crippen molar-refractivity contribution in [3.05, 3.63) is 11.8 Å². The zero-order valence-electron chi connectivity index (χ0n) is 11.3. The number of piperazine rings is 1. The average molecular weight is 313 g/mol. The summed E-state index contributed by atoms with van der Waals surface area (Å²) in [6, 6.07) is 2.08. The Morgan fingerprint density at radius 3 is 2.50 bits per heavy atom. The van der Waals surface area contributed by atoms with Gasteiger partial charge in [-0.05, 0) is 6.26 Å². The van der Waals surface area contributed by atoms with E-state index in [1.54, 1.807) is 0 Å². The van der Waals surface area contributed by atoms with Gasteiger partial charge in [0.1, 0.15) is 11.6 Å². The summed E-state index contributed by atoms with van der Waals surface area (Å²) in [4.78, 5) is 10.4. The third-order valence-corrected chi connectivity index (χ3v) is 4.92. The van der Waals surface area contributed by atoms with Crippen LogP contribution in [0.2, 0.25) is 0 Å². The lowest BCUT2D eigenvalue weighted by molar-refractivity contribution is 0.386. The van der Waals surface area contributed by atoms with Crippen LogP contribution in [0.3, 0.4) is 0 Å². The molecule has 1 aliphatic heterocycles. The molecule has 0 amide bonds. The highest BCUT2D eigenvalue weighted by molar-refractivity contribution is 7.98. The van der Waals surface area contributed by atoms with Crippen LogP contribution in [0.4, 0.5) is 5.82 Å². The summed E-state index contributed by atoms with van der Waals surface area (Å²) in [7, 11) is -3.16. The minimum Gasteiger partial charge on any atom is -0.353 e. The Balaban J connectivity index is 2.20. The first-order chi connectivity index (χ1) is 9.45. The third-order valence-electron chi connectivity index (χ3n) is 3.06. The lowest BCUT2D eigenvalue weighted by atomic mass is 10.3. The summed E-state index contributed by atoms with van der Waals surface area (Å²) < 4.78 is 24.4. The second kappa shape index (κ2) is 5.95. The largest absolute Gasteiger partial charge is 0.353 e. The standard InChI is InChI=1S/C11H15N5O2S2/c1-19-11-13-8-9(7-12)10(14-11)15-3-5-16(6-4-15)20(2,17)18/h8H,3-6H2,1-2H3. The van der Waals surface area contributed by atoms with E-state index in [0.29, 0.717) is 42.7 Å². The molecule has 1 aromatic rings. The van der Waals surface area contributed by atoms with Gasteiger partial charge in [0, 0.05) is 26.2 Å². The molecule has 0 spiro atoms. The van der Waals surface area contributed by atoms with E-state index in [0.717, 1.165) is 0 Å². The van der Waals surface area contributed by atoms with Gasteiger partial charge in [-0.2, -0.15) is 9.57 Å². The minimum atomic E-state index is -3.16. The maximum atomic E-state index is 11.5. The van der Waals surface area contributed by atoms with E-state index in [1.807, 2.05) is 11.2 Å². The molecule has 1 fully saturated rings. The number of hydrogen-bond acceptors (Lipinski definition) is 7. The Morgan fingerprint density at radius 1 is 1.35 bits per heavy atom. The van der Waals surface area contributed by atoms with Crippen LogP contribution in [-0.4, -0.2) is 61.4 Å². The average Bonchev–Trinajstić information content (AvgIpc) is 2.45. The Bertz CT molecular complexity index is 633. The molecule has 0 N–H and O–H groups in total. The van der Waals surface area contributed by atoms with Crippen LogP contribution in [-0.2, 0) is 10.0 Å². The highest BCUT2D eigenvalue weighted by Crippen LogP contribution is 2.21. The highest BCUT2D eigenvalue weighted by atomic mass is 32.2. The summed E-state index contributed by atoms with van der Waals surface area (Å²) >= 11 is 1.41. The molecular weight excluding hydrogens is 298 g/mol. The molecule has 108 valence electrons. The van der Waals surface area contributed by atoms with Gasteiger partial charge in [0.25, 0.3) is 0 Å². The maximum absolute atomic E-state index is 11.5. The lowest BCUT2D eigenvalue weighted by Crippen LogP contribution is -2.48. The Hall–Kier alpha value is -1.37. The number of sulfonamides is 1. The van der Waals surface area contributed by atoms with Crippen LogP contribution in [0.15, 0.2) is 11.4 Å². The van der Waals surface area contributed by atoms with Gasteiger partial charge in [-0.25, -0.2) is 18.4 Å². The SMILES string of the molecule is CSc1ncc(C#N)c(N2CCN(S(C)(=O)=O)CC2)n1. The van der Waals surface area contributed by atoms with Crippen LogP contribution >= 0.6 is 11.8 Å². The van der Waals surface area contributed by atoms with Gasteiger partial charge < -0.3 is 4.90 Å². The van der Waals surface area contributed by atoms with Crippen molar-refractivity contribution in [1.29, 1.82) is 5.26 Å². The maximum Gasteiger partial charge on any atom is 0.211 e. The molecular formula is C11H15N5O2S2. The number of anilines is 1. The monoisotopic (exact) mass is 313 g/mol. The highest BCUT2D eigenvalue weighted by Gasteiger charge is 2.25. The van der Waals surface area contributed by atoms with Crippen molar-refractivity contribution >= 4 is 27.6 Å². The molecule has 0 radical (unpaired) electrons. The lowest BCUT2D eigenvalue weighted by Gasteiger charge is -2.34. The third kappa shape index (κ3) is 3.20. The number of thioether (sulfide) groups is 1. The van der Waals surface area contributed by atoms with Gasteiger partial charge in [-0.15, -0.1) is 0 Å². The number of nitrogens with zero attached hydrogens (tertiary/aromatic N) is 5. The molecule has 0 atom stereocenters. The molecule has 1 saturated heterocycles. The van der Waals surface area contributed by atoms with E-state index >= 15 is 0 Å². The van der Waals surface area contributed by atoms with Gasteiger partial charge in [0.15, 0.2) is 11.0 Å². The van der Waals surface area contributed by atoms with Crippen LogP contribution in [0, 0.1) is 11.3 Å². The first-order valence-electron chi connectivity index (χ1n) is 5.97. The van der Waals surface area contributed by atoms with Crippen LogP contribution in [0.1, 0.15) is 5.56 Å². The fourth-order valence-corrected chi connectivity index (χ4v) is 3.17. The molecule has 0 unspecified atom stereocenters. The van der Waals surface area contributed by atoms with Gasteiger partial charge >= 0.3 is 0 Å². The molecule has 0 saturated carbocycles. The number of nitriles is 1. The second-order valence-corrected chi connectivity index (χ2v) is 7.11. The van der Waals surface area contributed by atoms with Crippen molar-refractivity contribution in [2.75, 3.05) is 43.6 Å². The van der Waals surface area contributed by atoms with Crippen molar-refractivity contribution in [3.63, 3.8) is 0 Å². The van der Waals surface area contributed by atoms with E-state index < -0.39 is 10.0 Å². The van der Waals surface area contributed by atoms with Gasteiger partial charge in [-0.3, -0.25) is 0 Å². The molecule has 20 heavy (non-hydrogen) atoms. The van der Waals surface area contributed by atoms with E-state index in [4.69, 9.17) is 5.26 Å². The smallest absolute Gasteiger partial charge is 0.211 e. The van der Waals surface area contributed by atoms with Crippen molar-refractivity contribution in [1.82, 2.24) is 14.3 Å². The van der Waals surface area contributed by atoms with Crippen molar-refractivity contribution in [2.24, 2.45) is 0 Å². The Labute approximate surface area is 122 Å². The predicted octanol–water partition coefficient (Wildman–Crippen LogP) is 0.152. The molecule has 1 aliphatic rings. The second-order valence-electron chi connectivity index (χ2n) is 4.35. The van der Waals surface area contributed by atoms with Crippen molar-refractivity contribution in [2.45, 2.75) is 5.16 Å². The van der Waals surface area contributed by atoms with Crippen molar-refractivity contribution < 1.29 is 8.42 Å². The minimum absolute atomic E-state index is 0.405. The summed E-state index contributed by atoms with van der Waals surface area (Å²) in [6.45, 7) is 1.85. The molecule has 0 bridgehead atoms. The molecule has 7 nitrogen and oxygen atoms in total. The zero-order valence-corrected chi connectivity index (χ0v) is 12.9. The Morgan fingerprint density at radius 2 is 2.00 bits per heavy atom. The topological polar surface area (TPSA) is 90.2 Å². The Kier molecular flexibility index (Phi) is 4.47. The molecule has 9 heteroatoms. The fourth-order valence-electron chi connectivity index (χ4n) is 2.01. The zero-order chi connectivity index (χ0) is 14.8. The molecule has 2 rings (SSSR count). The van der Waals surface area contributed by atoms with Crippen LogP contribution in [0.5, 0.6) is 0 Å². The number of aromatic nitrogens is 2. The van der Waals surface area contributed by atoms with E-state index in [2.05, 4.69) is 16.0 Å². The van der Waals surface area contributed by atoms with Crippen LogP contribution < -0.4 is 4.90 Å². The predicted molar refractivity (Wildman–Crippen MR) is 77.2 cm³/mol. The van der Waals surface area contributed by atoms with Crippen LogP contribution in [0.25, 0.3) is 0 Å². The normalized spacial score (nSPS) is 16.9. The summed E-state index contributed by atoms with van der Waals surface area (Å²) in [6.07, 6.45) is 4.59. The number of rotatable bonds is 3. The molecule has 0 aliphatic carbocycles. The molecule has 0 aromatic carbocycles. The van der Waals surface area contributed by atoms with Gasteiger partial charge in [-0.1, -0.05) is 11.8 Å². The summed E-state index contributed by atoms with van der Waals surface area (Å²) in [5.74, 6) is 0.583. The molecule has 2 heterocycles. The summed E-state index contributed by atoms with van der Waals surface area (Å²) in [5, 5.41) is 9.73. The first-order valence-corrected chi connectivity index (χ1v) is 9.04. The molecule has 1 aromatic heterocycles.